The number of pyridine rings is 1. The SMILES string of the molecule is CCOc1ccccc1Cc1cc2cc(N3CCOCC3)ccc2nc1N.O=C(O)/C=C/C(=O)O. The molecule has 1 aliphatic heterocycles. The molecule has 9 heteroatoms. The van der Waals surface area contributed by atoms with E-state index < -0.39 is 11.9 Å². The van der Waals surface area contributed by atoms with Gasteiger partial charge in [0.15, 0.2) is 0 Å². The lowest BCUT2D eigenvalue weighted by Gasteiger charge is -2.29. The van der Waals surface area contributed by atoms with Crippen LogP contribution in [0.3, 0.4) is 0 Å². The average molecular weight is 480 g/mol. The van der Waals surface area contributed by atoms with E-state index in [2.05, 4.69) is 40.2 Å². The second kappa shape index (κ2) is 12.4. The number of hydrogen-bond donors (Lipinski definition) is 3. The molecular formula is C26H29N3O6. The minimum atomic E-state index is -1.26. The molecule has 0 unspecified atom stereocenters. The van der Waals surface area contributed by atoms with Gasteiger partial charge < -0.3 is 30.3 Å². The fourth-order valence-electron chi connectivity index (χ4n) is 3.68. The molecular weight excluding hydrogens is 450 g/mol. The molecule has 3 aromatic rings. The highest BCUT2D eigenvalue weighted by Crippen LogP contribution is 2.28. The molecule has 2 aromatic carbocycles. The van der Waals surface area contributed by atoms with Crippen LogP contribution in [0.15, 0.2) is 60.7 Å². The lowest BCUT2D eigenvalue weighted by Crippen LogP contribution is -2.36. The monoisotopic (exact) mass is 479 g/mol. The van der Waals surface area contributed by atoms with Gasteiger partial charge in [0.1, 0.15) is 11.6 Å². The molecule has 0 bridgehead atoms. The fraction of sp³-hybridized carbons (Fsp3) is 0.269. The number of hydrogen-bond acceptors (Lipinski definition) is 7. The van der Waals surface area contributed by atoms with Gasteiger partial charge in [-0.3, -0.25) is 0 Å². The maximum Gasteiger partial charge on any atom is 0.328 e. The summed E-state index contributed by atoms with van der Waals surface area (Å²) in [6, 6.07) is 16.6. The van der Waals surface area contributed by atoms with Crippen LogP contribution < -0.4 is 15.4 Å². The molecule has 1 fully saturated rings. The van der Waals surface area contributed by atoms with Crippen LogP contribution in [0.5, 0.6) is 5.75 Å². The fourth-order valence-corrected chi connectivity index (χ4v) is 3.68. The van der Waals surface area contributed by atoms with Gasteiger partial charge in [-0.2, -0.15) is 0 Å². The molecule has 0 saturated carbocycles. The maximum absolute atomic E-state index is 9.55. The summed E-state index contributed by atoms with van der Waals surface area (Å²) >= 11 is 0. The molecule has 0 spiro atoms. The number of nitrogen functional groups attached to an aromatic ring is 1. The number of ether oxygens (including phenoxy) is 2. The Balaban J connectivity index is 0.000000371. The molecule has 4 rings (SSSR count). The second-order valence-corrected chi connectivity index (χ2v) is 7.74. The van der Waals surface area contributed by atoms with E-state index in [4.69, 9.17) is 25.4 Å². The number of carbonyl (C=O) groups is 2. The van der Waals surface area contributed by atoms with Gasteiger partial charge in [-0.15, -0.1) is 0 Å². The van der Waals surface area contributed by atoms with Crippen LogP contribution in [0.25, 0.3) is 10.9 Å². The van der Waals surface area contributed by atoms with Crippen LogP contribution in [-0.2, 0) is 20.7 Å². The Bertz CT molecular complexity index is 1190. The zero-order valence-electron chi connectivity index (χ0n) is 19.5. The number of para-hydroxylation sites is 1. The van der Waals surface area contributed by atoms with E-state index in [1.165, 1.54) is 5.69 Å². The van der Waals surface area contributed by atoms with Crippen LogP contribution in [0.1, 0.15) is 18.1 Å². The molecule has 9 nitrogen and oxygen atoms in total. The third-order valence-electron chi connectivity index (χ3n) is 5.31. The van der Waals surface area contributed by atoms with Gasteiger partial charge in [0.05, 0.1) is 25.3 Å². The van der Waals surface area contributed by atoms with Gasteiger partial charge in [-0.25, -0.2) is 14.6 Å². The lowest BCUT2D eigenvalue weighted by atomic mass is 10.0. The van der Waals surface area contributed by atoms with Crippen LogP contribution >= 0.6 is 0 Å². The van der Waals surface area contributed by atoms with Crippen molar-refractivity contribution < 1.29 is 29.3 Å². The first-order valence-corrected chi connectivity index (χ1v) is 11.2. The van der Waals surface area contributed by atoms with Crippen molar-refractivity contribution in [3.63, 3.8) is 0 Å². The van der Waals surface area contributed by atoms with Crippen molar-refractivity contribution in [3.05, 3.63) is 71.8 Å². The summed E-state index contributed by atoms with van der Waals surface area (Å²) in [5, 5.41) is 16.7. The molecule has 0 radical (unpaired) electrons. The molecule has 35 heavy (non-hydrogen) atoms. The summed E-state index contributed by atoms with van der Waals surface area (Å²) in [5.41, 5.74) is 10.5. The second-order valence-electron chi connectivity index (χ2n) is 7.74. The Morgan fingerprint density at radius 1 is 1.06 bits per heavy atom. The van der Waals surface area contributed by atoms with Crippen molar-refractivity contribution in [1.82, 2.24) is 4.98 Å². The van der Waals surface area contributed by atoms with E-state index >= 15 is 0 Å². The number of carboxylic acid groups (broad SMARTS) is 2. The number of carboxylic acids is 2. The molecule has 1 saturated heterocycles. The van der Waals surface area contributed by atoms with Gasteiger partial charge >= 0.3 is 11.9 Å². The highest BCUT2D eigenvalue weighted by molar-refractivity contribution is 5.89. The lowest BCUT2D eigenvalue weighted by molar-refractivity contribution is -0.134. The summed E-state index contributed by atoms with van der Waals surface area (Å²) in [6.07, 6.45) is 1.82. The van der Waals surface area contributed by atoms with Crippen molar-refractivity contribution in [3.8, 4) is 5.75 Å². The van der Waals surface area contributed by atoms with Gasteiger partial charge in [0, 0.05) is 42.7 Å². The topological polar surface area (TPSA) is 135 Å². The number of aromatic nitrogens is 1. The number of nitrogens with two attached hydrogens (primary N) is 1. The van der Waals surface area contributed by atoms with E-state index in [-0.39, 0.29) is 0 Å². The van der Waals surface area contributed by atoms with Gasteiger partial charge in [0.2, 0.25) is 0 Å². The first-order valence-electron chi connectivity index (χ1n) is 11.2. The standard InChI is InChI=1S/C22H25N3O2.C4H4O4/c1-2-27-21-6-4-3-5-16(21)13-18-14-17-15-19(25-9-11-26-12-10-25)7-8-20(17)24-22(18)23;5-3(6)1-2-4(7)8/h3-8,14-15H,2,9-13H2,1H3,(H2,23,24);1-2H,(H,5,6)(H,7,8)/b;2-1+. The van der Waals surface area contributed by atoms with E-state index in [1.807, 2.05) is 25.1 Å². The Morgan fingerprint density at radius 3 is 2.40 bits per heavy atom. The van der Waals surface area contributed by atoms with E-state index in [0.717, 1.165) is 54.1 Å². The quantitative estimate of drug-likeness (QED) is 0.436. The Hall–Kier alpha value is -4.11. The van der Waals surface area contributed by atoms with E-state index in [1.54, 1.807) is 0 Å². The van der Waals surface area contributed by atoms with E-state index in [0.29, 0.717) is 31.0 Å². The van der Waals surface area contributed by atoms with Crippen molar-refractivity contribution in [1.29, 1.82) is 0 Å². The van der Waals surface area contributed by atoms with Gasteiger partial charge in [-0.05, 0) is 48.4 Å². The van der Waals surface area contributed by atoms with Gasteiger partial charge in [-0.1, -0.05) is 18.2 Å². The number of aliphatic carboxylic acids is 2. The molecule has 184 valence electrons. The first kappa shape index (κ1) is 25.5. The number of fused-ring (bicyclic) bond motifs is 1. The third kappa shape index (κ3) is 7.44. The zero-order valence-corrected chi connectivity index (χ0v) is 19.5. The highest BCUT2D eigenvalue weighted by Gasteiger charge is 2.13. The van der Waals surface area contributed by atoms with Crippen LogP contribution in [0.2, 0.25) is 0 Å². The number of nitrogens with zero attached hydrogens (tertiary/aromatic N) is 2. The summed E-state index contributed by atoms with van der Waals surface area (Å²) in [6.45, 7) is 6.03. The maximum atomic E-state index is 9.55. The molecule has 1 aliphatic rings. The van der Waals surface area contributed by atoms with Crippen molar-refractivity contribution >= 4 is 34.3 Å². The molecule has 0 aliphatic carbocycles. The number of morpholine rings is 1. The minimum absolute atomic E-state index is 0.558. The predicted octanol–water partition coefficient (Wildman–Crippen LogP) is 3.35. The van der Waals surface area contributed by atoms with Crippen molar-refractivity contribution in [2.45, 2.75) is 13.3 Å². The van der Waals surface area contributed by atoms with Gasteiger partial charge in [0.25, 0.3) is 0 Å². The smallest absolute Gasteiger partial charge is 0.328 e. The zero-order chi connectivity index (χ0) is 25.2. The van der Waals surface area contributed by atoms with Crippen LogP contribution in [-0.4, -0.2) is 60.0 Å². The first-order chi connectivity index (χ1) is 16.9. The van der Waals surface area contributed by atoms with Crippen molar-refractivity contribution in [2.24, 2.45) is 0 Å². The molecule has 0 atom stereocenters. The molecule has 4 N–H and O–H groups in total. The average Bonchev–Trinajstić information content (AvgIpc) is 2.85. The normalized spacial score (nSPS) is 13.3. The Kier molecular flexibility index (Phi) is 9.02. The minimum Gasteiger partial charge on any atom is -0.494 e. The van der Waals surface area contributed by atoms with Crippen molar-refractivity contribution in [2.75, 3.05) is 43.5 Å². The van der Waals surface area contributed by atoms with Crippen LogP contribution in [0, 0.1) is 0 Å². The Labute approximate surface area is 203 Å². The predicted molar refractivity (Wildman–Crippen MR) is 134 cm³/mol. The Morgan fingerprint density at radius 2 is 1.74 bits per heavy atom. The van der Waals surface area contributed by atoms with E-state index in [9.17, 15) is 9.59 Å². The number of anilines is 2. The molecule has 2 heterocycles. The number of rotatable bonds is 7. The highest BCUT2D eigenvalue weighted by atomic mass is 16.5. The molecule has 0 amide bonds. The molecule has 1 aromatic heterocycles. The number of benzene rings is 2. The summed E-state index contributed by atoms with van der Waals surface area (Å²) < 4.78 is 11.2. The van der Waals surface area contributed by atoms with Crippen LogP contribution in [0.4, 0.5) is 11.5 Å². The largest absolute Gasteiger partial charge is 0.494 e. The summed E-state index contributed by atoms with van der Waals surface area (Å²) in [7, 11) is 0. The summed E-state index contributed by atoms with van der Waals surface area (Å²) in [5.74, 6) is -1.03. The third-order valence-corrected chi connectivity index (χ3v) is 5.31. The summed E-state index contributed by atoms with van der Waals surface area (Å²) in [4.78, 5) is 26.1.